The summed E-state index contributed by atoms with van der Waals surface area (Å²) in [6, 6.07) is 37.1. The van der Waals surface area contributed by atoms with Gasteiger partial charge in [-0.05, 0) is 110 Å². The number of hydrogen-bond donors (Lipinski definition) is 0. The lowest BCUT2D eigenvalue weighted by atomic mass is 9.61. The molecular formula is C45H48N2S. The fraction of sp³-hybridized carbons (Fsp3) is 0.333. The number of para-hydroxylation sites is 1. The van der Waals surface area contributed by atoms with Crippen LogP contribution in [-0.2, 0) is 10.8 Å². The van der Waals surface area contributed by atoms with Gasteiger partial charge in [-0.1, -0.05) is 101 Å². The minimum atomic E-state index is 0.0104. The van der Waals surface area contributed by atoms with Crippen LogP contribution in [0.2, 0.25) is 0 Å². The van der Waals surface area contributed by atoms with E-state index >= 15 is 0 Å². The minimum Gasteiger partial charge on any atom is -0.334 e. The van der Waals surface area contributed by atoms with E-state index in [1.165, 1.54) is 102 Å². The Hall–Kier alpha value is -4.08. The van der Waals surface area contributed by atoms with Gasteiger partial charge >= 0.3 is 0 Å². The molecule has 3 heteroatoms. The maximum absolute atomic E-state index is 2.72. The third kappa shape index (κ3) is 4.57. The van der Waals surface area contributed by atoms with E-state index in [1.807, 2.05) is 11.3 Å². The van der Waals surface area contributed by atoms with Crippen LogP contribution in [0.15, 0.2) is 97.1 Å². The van der Waals surface area contributed by atoms with E-state index in [2.05, 4.69) is 162 Å². The summed E-state index contributed by atoms with van der Waals surface area (Å²) in [5.41, 5.74) is 13.4. The molecule has 0 radical (unpaired) electrons. The van der Waals surface area contributed by atoms with Gasteiger partial charge in [-0.2, -0.15) is 0 Å². The molecule has 0 amide bonds. The highest BCUT2D eigenvalue weighted by Crippen LogP contribution is 2.61. The molecule has 48 heavy (non-hydrogen) atoms. The number of thiophene rings is 1. The Morgan fingerprint density at radius 1 is 0.729 bits per heavy atom. The molecule has 5 aromatic carbocycles. The summed E-state index contributed by atoms with van der Waals surface area (Å²) < 4.78 is 2.67. The molecule has 2 nitrogen and oxygen atoms in total. The molecule has 1 aliphatic carbocycles. The van der Waals surface area contributed by atoms with Gasteiger partial charge in [0, 0.05) is 37.9 Å². The third-order valence-corrected chi connectivity index (χ3v) is 13.0. The van der Waals surface area contributed by atoms with Crippen molar-refractivity contribution >= 4 is 59.9 Å². The molecule has 2 atom stereocenters. The quantitative estimate of drug-likeness (QED) is 0.188. The molecule has 6 aromatic rings. The number of benzene rings is 5. The van der Waals surface area contributed by atoms with Crippen LogP contribution in [0.25, 0.3) is 20.2 Å². The predicted octanol–water partition coefficient (Wildman–Crippen LogP) is 13.5. The van der Waals surface area contributed by atoms with Gasteiger partial charge in [-0.25, -0.2) is 0 Å². The van der Waals surface area contributed by atoms with Crippen LogP contribution in [0.3, 0.4) is 0 Å². The fourth-order valence-electron chi connectivity index (χ4n) is 9.14. The third-order valence-electron chi connectivity index (χ3n) is 11.8. The van der Waals surface area contributed by atoms with E-state index in [-0.39, 0.29) is 16.4 Å². The Labute approximate surface area is 291 Å². The molecule has 1 aliphatic heterocycles. The maximum Gasteiger partial charge on any atom is 0.0640 e. The summed E-state index contributed by atoms with van der Waals surface area (Å²) in [5.74, 6) is 0. The molecule has 1 fully saturated rings. The van der Waals surface area contributed by atoms with Crippen LogP contribution >= 0.6 is 11.3 Å². The van der Waals surface area contributed by atoms with Crippen molar-refractivity contribution in [2.24, 2.45) is 0 Å². The number of anilines is 5. The van der Waals surface area contributed by atoms with Crippen LogP contribution in [-0.4, -0.2) is 5.54 Å². The van der Waals surface area contributed by atoms with E-state index < -0.39 is 0 Å². The van der Waals surface area contributed by atoms with Gasteiger partial charge in [0.25, 0.3) is 0 Å². The minimum absolute atomic E-state index is 0.0104. The molecule has 1 aromatic heterocycles. The monoisotopic (exact) mass is 648 g/mol. The highest BCUT2D eigenvalue weighted by Gasteiger charge is 2.57. The van der Waals surface area contributed by atoms with Crippen LogP contribution in [0.5, 0.6) is 0 Å². The zero-order valence-corrected chi connectivity index (χ0v) is 30.7. The lowest BCUT2D eigenvalue weighted by Crippen LogP contribution is -2.54. The lowest BCUT2D eigenvalue weighted by Gasteiger charge is -2.50. The summed E-state index contributed by atoms with van der Waals surface area (Å²) >= 11 is 1.91. The van der Waals surface area contributed by atoms with Gasteiger partial charge in [-0.3, -0.25) is 0 Å². The molecular weight excluding hydrogens is 601 g/mol. The predicted molar refractivity (Wildman–Crippen MR) is 210 cm³/mol. The number of aryl methyl sites for hydroxylation is 3. The Balaban J connectivity index is 1.40. The van der Waals surface area contributed by atoms with Crippen molar-refractivity contribution in [3.8, 4) is 0 Å². The second-order valence-electron chi connectivity index (χ2n) is 16.0. The highest BCUT2D eigenvalue weighted by atomic mass is 32.1. The van der Waals surface area contributed by atoms with Crippen molar-refractivity contribution in [3.63, 3.8) is 0 Å². The van der Waals surface area contributed by atoms with Crippen molar-refractivity contribution in [1.29, 1.82) is 0 Å². The Bertz CT molecular complexity index is 2190. The van der Waals surface area contributed by atoms with Gasteiger partial charge in [0.05, 0.1) is 21.6 Å². The van der Waals surface area contributed by atoms with Crippen molar-refractivity contribution in [3.05, 3.63) is 125 Å². The normalized spacial score (nSPS) is 20.7. The molecule has 0 saturated heterocycles. The SMILES string of the molecule is Cc1cc(N(c2c(C)cc(C(C)(C)C)cc2C)c2cccc3c2sc2ccccc23)cc(N2c3ccccc3C3(C)CCCCC23C)c1. The fourth-order valence-corrected chi connectivity index (χ4v) is 10.3. The zero-order valence-electron chi connectivity index (χ0n) is 29.9. The van der Waals surface area contributed by atoms with E-state index in [4.69, 9.17) is 0 Å². The van der Waals surface area contributed by atoms with Gasteiger partial charge in [0.2, 0.25) is 0 Å². The Morgan fingerprint density at radius 3 is 2.19 bits per heavy atom. The van der Waals surface area contributed by atoms with Crippen LogP contribution in [0.4, 0.5) is 28.4 Å². The smallest absolute Gasteiger partial charge is 0.0640 e. The van der Waals surface area contributed by atoms with E-state index in [1.54, 1.807) is 0 Å². The largest absolute Gasteiger partial charge is 0.334 e. The first-order valence-electron chi connectivity index (χ1n) is 17.7. The van der Waals surface area contributed by atoms with Crippen LogP contribution < -0.4 is 9.80 Å². The van der Waals surface area contributed by atoms with Gasteiger partial charge < -0.3 is 9.80 Å². The molecule has 1 saturated carbocycles. The Morgan fingerprint density at radius 2 is 1.42 bits per heavy atom. The summed E-state index contributed by atoms with van der Waals surface area (Å²) in [7, 11) is 0. The van der Waals surface area contributed by atoms with Crippen LogP contribution in [0, 0.1) is 20.8 Å². The summed E-state index contributed by atoms with van der Waals surface area (Å²) in [6.07, 6.45) is 4.99. The van der Waals surface area contributed by atoms with Crippen molar-refractivity contribution < 1.29 is 0 Å². The zero-order chi connectivity index (χ0) is 33.6. The molecule has 244 valence electrons. The second kappa shape index (κ2) is 11.0. The van der Waals surface area contributed by atoms with Gasteiger partial charge in [-0.15, -0.1) is 11.3 Å². The highest BCUT2D eigenvalue weighted by molar-refractivity contribution is 7.26. The summed E-state index contributed by atoms with van der Waals surface area (Å²) in [5, 5.41) is 2.66. The molecule has 8 rings (SSSR count). The average molecular weight is 649 g/mol. The van der Waals surface area contributed by atoms with Crippen LogP contribution in [0.1, 0.15) is 88.1 Å². The topological polar surface area (TPSA) is 6.48 Å². The summed E-state index contributed by atoms with van der Waals surface area (Å²) in [6.45, 7) is 18.9. The van der Waals surface area contributed by atoms with Crippen molar-refractivity contribution in [1.82, 2.24) is 0 Å². The van der Waals surface area contributed by atoms with Gasteiger partial charge in [0.1, 0.15) is 0 Å². The Kier molecular flexibility index (Phi) is 7.13. The first-order chi connectivity index (χ1) is 22.9. The number of nitrogens with zero attached hydrogens (tertiary/aromatic N) is 2. The van der Waals surface area contributed by atoms with Crippen molar-refractivity contribution in [2.45, 2.75) is 97.4 Å². The number of rotatable bonds is 4. The molecule has 0 bridgehead atoms. The van der Waals surface area contributed by atoms with Crippen molar-refractivity contribution in [2.75, 3.05) is 9.80 Å². The standard InChI is InChI=1S/C45H48N2S/c1-29-24-33(28-34(25-29)47-38-19-11-10-18-37(38)44(7)22-13-14-23-45(44,47)8)46(41-30(2)26-32(27-31(41)3)43(4,5)6)39-20-15-17-36-35-16-9-12-21-40(35)48-42(36)39/h9-12,15-21,24-28H,13-14,22-23H2,1-8H3. The summed E-state index contributed by atoms with van der Waals surface area (Å²) in [4.78, 5) is 5.30. The first-order valence-corrected chi connectivity index (χ1v) is 18.6. The molecule has 0 N–H and O–H groups in total. The maximum atomic E-state index is 2.72. The first kappa shape index (κ1) is 31.2. The van der Waals surface area contributed by atoms with E-state index in [0.29, 0.717) is 0 Å². The lowest BCUT2D eigenvalue weighted by molar-refractivity contribution is 0.195. The molecule has 0 spiro atoms. The second-order valence-corrected chi connectivity index (χ2v) is 17.0. The van der Waals surface area contributed by atoms with Gasteiger partial charge in [0.15, 0.2) is 0 Å². The molecule has 2 heterocycles. The van der Waals surface area contributed by atoms with E-state index in [9.17, 15) is 0 Å². The number of fused-ring (bicyclic) bond motifs is 6. The molecule has 2 aliphatic rings. The average Bonchev–Trinajstić information content (AvgIpc) is 3.52. The number of hydrogen-bond acceptors (Lipinski definition) is 3. The van der Waals surface area contributed by atoms with E-state index in [0.717, 1.165) is 0 Å². The molecule has 2 unspecified atom stereocenters.